The molecule has 2 fully saturated rings. The summed E-state index contributed by atoms with van der Waals surface area (Å²) in [6.45, 7) is 2.09. The van der Waals surface area contributed by atoms with Gasteiger partial charge < -0.3 is 19.9 Å². The van der Waals surface area contributed by atoms with Crippen LogP contribution in [-0.4, -0.2) is 47.5 Å². The molecule has 0 amide bonds. The predicted octanol–water partition coefficient (Wildman–Crippen LogP) is 1.53. The van der Waals surface area contributed by atoms with Gasteiger partial charge in [0, 0.05) is 25.7 Å². The van der Waals surface area contributed by atoms with Crippen molar-refractivity contribution >= 4 is 11.8 Å². The number of hydrogen-bond acceptors (Lipinski definition) is 5. The third kappa shape index (κ3) is 2.76. The molecule has 20 heavy (non-hydrogen) atoms. The van der Waals surface area contributed by atoms with Gasteiger partial charge >= 0.3 is 5.97 Å². The van der Waals surface area contributed by atoms with Gasteiger partial charge in [0.05, 0.1) is 12.2 Å². The molecule has 2 saturated heterocycles. The van der Waals surface area contributed by atoms with Crippen molar-refractivity contribution in [2.24, 2.45) is 0 Å². The number of ether oxygens (including phenoxy) is 2. The van der Waals surface area contributed by atoms with Crippen LogP contribution in [0.25, 0.3) is 0 Å². The van der Waals surface area contributed by atoms with E-state index < -0.39 is 5.97 Å². The Labute approximate surface area is 117 Å². The Hall–Kier alpha value is -1.66. The van der Waals surface area contributed by atoms with Crippen LogP contribution in [0.3, 0.4) is 0 Å². The van der Waals surface area contributed by atoms with Gasteiger partial charge in [-0.25, -0.2) is 9.78 Å². The molecule has 2 atom stereocenters. The molecule has 6 heteroatoms. The summed E-state index contributed by atoms with van der Waals surface area (Å²) in [5, 5.41) is 12.3. The number of carbonyl (C=O) groups is 1. The van der Waals surface area contributed by atoms with Crippen molar-refractivity contribution in [1.29, 1.82) is 0 Å². The lowest BCUT2D eigenvalue weighted by Crippen LogP contribution is -2.45. The van der Waals surface area contributed by atoms with Crippen molar-refractivity contribution in [3.63, 3.8) is 0 Å². The Morgan fingerprint density at radius 3 is 3.10 bits per heavy atom. The summed E-state index contributed by atoms with van der Waals surface area (Å²) in [6, 6.07) is 5.22. The van der Waals surface area contributed by atoms with Crippen molar-refractivity contribution in [2.75, 3.05) is 25.1 Å². The number of carboxylic acid groups (broad SMARTS) is 1. The molecule has 0 bridgehead atoms. The highest BCUT2D eigenvalue weighted by Gasteiger charge is 2.41. The molecule has 2 aliphatic heterocycles. The summed E-state index contributed by atoms with van der Waals surface area (Å²) in [4.78, 5) is 15.0. The zero-order valence-corrected chi connectivity index (χ0v) is 11.2. The molecule has 0 aliphatic carbocycles. The second-order valence-corrected chi connectivity index (χ2v) is 5.38. The second kappa shape index (κ2) is 5.38. The number of carboxylic acids is 1. The van der Waals surface area contributed by atoms with Crippen LogP contribution in [0, 0.1) is 0 Å². The smallest absolute Gasteiger partial charge is 0.354 e. The molecule has 3 rings (SSSR count). The summed E-state index contributed by atoms with van der Waals surface area (Å²) < 4.78 is 11.3. The van der Waals surface area contributed by atoms with Gasteiger partial charge in [-0.2, -0.15) is 0 Å². The van der Waals surface area contributed by atoms with Crippen molar-refractivity contribution in [3.05, 3.63) is 23.9 Å². The third-order valence-electron chi connectivity index (χ3n) is 3.88. The number of pyridine rings is 1. The predicted molar refractivity (Wildman–Crippen MR) is 72.0 cm³/mol. The zero-order valence-electron chi connectivity index (χ0n) is 11.2. The minimum atomic E-state index is -1.01. The van der Waals surface area contributed by atoms with Crippen molar-refractivity contribution in [2.45, 2.75) is 30.9 Å². The average Bonchev–Trinajstić information content (AvgIpc) is 2.87. The topological polar surface area (TPSA) is 80.7 Å². The van der Waals surface area contributed by atoms with Gasteiger partial charge in [-0.1, -0.05) is 6.07 Å². The summed E-state index contributed by atoms with van der Waals surface area (Å²) in [5.74, 6) is -0.410. The van der Waals surface area contributed by atoms with Crippen molar-refractivity contribution < 1.29 is 19.4 Å². The van der Waals surface area contributed by atoms with Crippen LogP contribution >= 0.6 is 0 Å². The fraction of sp³-hybridized carbons (Fsp3) is 0.571. The molecule has 108 valence electrons. The number of rotatable bonds is 3. The molecule has 1 aromatic heterocycles. The van der Waals surface area contributed by atoms with Gasteiger partial charge in [0.1, 0.15) is 5.82 Å². The quantitative estimate of drug-likeness (QED) is 0.872. The Bertz CT molecular complexity index is 500. The Kier molecular flexibility index (Phi) is 3.58. The molecule has 1 aromatic rings. The lowest BCUT2D eigenvalue weighted by Gasteiger charge is -2.37. The van der Waals surface area contributed by atoms with Crippen LogP contribution in [0.15, 0.2) is 18.2 Å². The number of nitrogens with zero attached hydrogens (tertiary/aromatic N) is 1. The van der Waals surface area contributed by atoms with Crippen molar-refractivity contribution in [3.8, 4) is 0 Å². The van der Waals surface area contributed by atoms with E-state index in [0.29, 0.717) is 19.0 Å². The average molecular weight is 278 g/mol. The molecule has 2 unspecified atom stereocenters. The Morgan fingerprint density at radius 2 is 2.35 bits per heavy atom. The first-order chi connectivity index (χ1) is 9.67. The minimum Gasteiger partial charge on any atom is -0.477 e. The van der Waals surface area contributed by atoms with Gasteiger partial charge in [0.25, 0.3) is 0 Å². The highest BCUT2D eigenvalue weighted by molar-refractivity contribution is 5.85. The normalized spacial score (nSPS) is 29.5. The monoisotopic (exact) mass is 278 g/mol. The number of aromatic carboxylic acids is 1. The first-order valence-corrected chi connectivity index (χ1v) is 6.85. The molecule has 0 saturated carbocycles. The lowest BCUT2D eigenvalue weighted by atomic mass is 9.90. The van der Waals surface area contributed by atoms with Gasteiger partial charge in [-0.15, -0.1) is 0 Å². The molecule has 0 aromatic carbocycles. The van der Waals surface area contributed by atoms with E-state index in [9.17, 15) is 4.79 Å². The third-order valence-corrected chi connectivity index (χ3v) is 3.88. The summed E-state index contributed by atoms with van der Waals surface area (Å²) in [6.07, 6.45) is 2.68. The molecule has 1 spiro atoms. The van der Waals surface area contributed by atoms with E-state index in [-0.39, 0.29) is 17.3 Å². The molecule has 2 aliphatic rings. The van der Waals surface area contributed by atoms with E-state index in [1.54, 1.807) is 12.1 Å². The highest BCUT2D eigenvalue weighted by Crippen LogP contribution is 2.33. The van der Waals surface area contributed by atoms with Crippen LogP contribution in [0.4, 0.5) is 5.82 Å². The maximum absolute atomic E-state index is 10.9. The number of anilines is 1. The van der Waals surface area contributed by atoms with Gasteiger partial charge in [0.15, 0.2) is 5.69 Å². The maximum atomic E-state index is 10.9. The molecule has 3 heterocycles. The lowest BCUT2D eigenvalue weighted by molar-refractivity contribution is -0.0829. The molecular weight excluding hydrogens is 260 g/mol. The minimum absolute atomic E-state index is 0.0565. The second-order valence-electron chi connectivity index (χ2n) is 5.38. The molecular formula is C14H18N2O4. The maximum Gasteiger partial charge on any atom is 0.354 e. The molecule has 6 nitrogen and oxygen atoms in total. The number of nitrogens with one attached hydrogen (secondary N) is 1. The van der Waals surface area contributed by atoms with Crippen LogP contribution in [0.5, 0.6) is 0 Å². The fourth-order valence-corrected chi connectivity index (χ4v) is 2.86. The van der Waals surface area contributed by atoms with Crippen LogP contribution in [0.2, 0.25) is 0 Å². The zero-order chi connectivity index (χ0) is 14.0. The van der Waals surface area contributed by atoms with Crippen molar-refractivity contribution in [1.82, 2.24) is 4.98 Å². The Morgan fingerprint density at radius 1 is 1.45 bits per heavy atom. The molecule has 2 N–H and O–H groups in total. The summed E-state index contributed by atoms with van der Waals surface area (Å²) >= 11 is 0. The van der Waals surface area contributed by atoms with Crippen LogP contribution < -0.4 is 5.32 Å². The van der Waals surface area contributed by atoms with E-state index in [1.807, 2.05) is 0 Å². The first-order valence-electron chi connectivity index (χ1n) is 6.85. The summed E-state index contributed by atoms with van der Waals surface area (Å²) in [7, 11) is 0. The largest absolute Gasteiger partial charge is 0.477 e. The van der Waals surface area contributed by atoms with E-state index >= 15 is 0 Å². The number of aromatic nitrogens is 1. The van der Waals surface area contributed by atoms with Crippen LogP contribution in [-0.2, 0) is 9.47 Å². The van der Waals surface area contributed by atoms with Gasteiger partial charge in [-0.3, -0.25) is 0 Å². The van der Waals surface area contributed by atoms with E-state index in [2.05, 4.69) is 10.3 Å². The number of hydrogen-bond donors (Lipinski definition) is 2. The fourth-order valence-electron chi connectivity index (χ4n) is 2.86. The first kappa shape index (κ1) is 13.3. The Balaban J connectivity index is 1.68. The van der Waals surface area contributed by atoms with Crippen LogP contribution in [0.1, 0.15) is 29.8 Å². The standard InChI is InChI=1S/C14H18N2O4/c17-13(18)11-2-1-3-12(16-11)15-10-4-6-20-14(8-10)5-7-19-9-14/h1-3,10H,4-9H2,(H,15,16)(H,17,18). The van der Waals surface area contributed by atoms with E-state index in [0.717, 1.165) is 25.9 Å². The van der Waals surface area contributed by atoms with Gasteiger partial charge in [0.2, 0.25) is 0 Å². The summed E-state index contributed by atoms with van der Waals surface area (Å²) in [5.41, 5.74) is -0.110. The van der Waals surface area contributed by atoms with E-state index in [1.165, 1.54) is 6.07 Å². The highest BCUT2D eigenvalue weighted by atomic mass is 16.6. The van der Waals surface area contributed by atoms with Gasteiger partial charge in [-0.05, 0) is 25.0 Å². The SMILES string of the molecule is O=C(O)c1cccc(NC2CCOC3(CCOC3)C2)n1. The van der Waals surface area contributed by atoms with E-state index in [4.69, 9.17) is 14.6 Å². The molecule has 0 radical (unpaired) electrons.